The third-order valence-electron chi connectivity index (χ3n) is 5.04. The molecular weight excluding hydrogens is 406 g/mol. The van der Waals surface area contributed by atoms with E-state index in [9.17, 15) is 13.2 Å². The summed E-state index contributed by atoms with van der Waals surface area (Å²) in [5.74, 6) is -0.147. The van der Waals surface area contributed by atoms with Gasteiger partial charge in [-0.2, -0.15) is 0 Å². The molecule has 2 aromatic rings. The molecule has 0 radical (unpaired) electrons. The minimum absolute atomic E-state index is 0.0840. The predicted molar refractivity (Wildman–Crippen MR) is 116 cm³/mol. The first-order valence-electron chi connectivity index (χ1n) is 10.2. The minimum atomic E-state index is -3.60. The van der Waals surface area contributed by atoms with Crippen molar-refractivity contribution in [2.24, 2.45) is 0 Å². The lowest BCUT2D eigenvalue weighted by Gasteiger charge is -2.10. The van der Waals surface area contributed by atoms with Crippen molar-refractivity contribution in [2.75, 3.05) is 13.1 Å². The maximum Gasteiger partial charge on any atom is 0.240 e. The fourth-order valence-electron chi connectivity index (χ4n) is 3.55. The fourth-order valence-corrected chi connectivity index (χ4v) is 6.00. The average molecular weight is 436 g/mol. The topological polar surface area (TPSA) is 88.2 Å². The first-order chi connectivity index (χ1) is 13.8. The lowest BCUT2D eigenvalue weighted by Crippen LogP contribution is -2.31. The third kappa shape index (κ3) is 6.10. The molecule has 2 N–H and O–H groups in total. The molecule has 0 saturated heterocycles. The maximum absolute atomic E-state index is 12.4. The van der Waals surface area contributed by atoms with Crippen molar-refractivity contribution in [1.29, 1.82) is 0 Å². The Labute approximate surface area is 177 Å². The van der Waals surface area contributed by atoms with E-state index in [1.54, 1.807) is 19.1 Å². The van der Waals surface area contributed by atoms with Crippen molar-refractivity contribution in [3.63, 3.8) is 0 Å². The van der Waals surface area contributed by atoms with Gasteiger partial charge in [0.05, 0.1) is 15.6 Å². The molecule has 0 fully saturated rings. The second-order valence-electron chi connectivity index (χ2n) is 7.55. The Morgan fingerprint density at radius 2 is 1.97 bits per heavy atom. The molecule has 1 heterocycles. The molecule has 0 saturated carbocycles. The van der Waals surface area contributed by atoms with E-state index < -0.39 is 10.0 Å². The van der Waals surface area contributed by atoms with Gasteiger partial charge in [0.2, 0.25) is 15.9 Å². The smallest absolute Gasteiger partial charge is 0.240 e. The van der Waals surface area contributed by atoms with Gasteiger partial charge in [0.25, 0.3) is 0 Å². The number of sulfonamides is 1. The van der Waals surface area contributed by atoms with Gasteiger partial charge in [-0.15, -0.1) is 11.3 Å². The molecule has 1 aliphatic rings. The first-order valence-corrected chi connectivity index (χ1v) is 12.5. The van der Waals surface area contributed by atoms with Crippen LogP contribution in [0, 0.1) is 13.8 Å². The van der Waals surface area contributed by atoms with Gasteiger partial charge in [-0.05, 0) is 57.6 Å². The number of hydrogen-bond donors (Lipinski definition) is 2. The molecule has 1 aromatic heterocycles. The number of aromatic nitrogens is 1. The number of fused-ring (bicyclic) bond motifs is 1. The summed E-state index contributed by atoms with van der Waals surface area (Å²) in [6, 6.07) is 5.21. The number of hydrogen-bond acceptors (Lipinski definition) is 5. The number of thiazole rings is 1. The van der Waals surface area contributed by atoms with Gasteiger partial charge in [0.1, 0.15) is 0 Å². The summed E-state index contributed by atoms with van der Waals surface area (Å²) in [6.45, 7) is 4.35. The summed E-state index contributed by atoms with van der Waals surface area (Å²) in [6.07, 6.45) is 6.58. The van der Waals surface area contributed by atoms with E-state index in [-0.39, 0.29) is 23.8 Å². The minimum Gasteiger partial charge on any atom is -0.356 e. The van der Waals surface area contributed by atoms with Crippen molar-refractivity contribution >= 4 is 27.3 Å². The van der Waals surface area contributed by atoms with Gasteiger partial charge < -0.3 is 5.32 Å². The van der Waals surface area contributed by atoms with Crippen molar-refractivity contribution in [3.05, 3.63) is 44.9 Å². The molecule has 6 nitrogen and oxygen atoms in total. The normalized spacial score (nSPS) is 13.9. The fraction of sp³-hybridized carbons (Fsp3) is 0.524. The zero-order valence-electron chi connectivity index (χ0n) is 17.1. The van der Waals surface area contributed by atoms with Gasteiger partial charge in [-0.25, -0.2) is 18.1 Å². The van der Waals surface area contributed by atoms with E-state index in [0.29, 0.717) is 12.1 Å². The molecule has 8 heteroatoms. The van der Waals surface area contributed by atoms with Gasteiger partial charge in [0, 0.05) is 30.8 Å². The molecule has 1 aliphatic carbocycles. The molecule has 158 valence electrons. The van der Waals surface area contributed by atoms with Gasteiger partial charge in [-0.3, -0.25) is 4.79 Å². The van der Waals surface area contributed by atoms with Crippen LogP contribution in [-0.4, -0.2) is 32.4 Å². The highest BCUT2D eigenvalue weighted by molar-refractivity contribution is 7.89. The molecular formula is C21H29N3O3S2. The highest BCUT2D eigenvalue weighted by Gasteiger charge is 2.17. The average Bonchev–Trinajstić information content (AvgIpc) is 3.07. The van der Waals surface area contributed by atoms with E-state index in [0.717, 1.165) is 36.3 Å². The zero-order valence-corrected chi connectivity index (χ0v) is 18.7. The lowest BCUT2D eigenvalue weighted by molar-refractivity contribution is -0.120. The number of amides is 1. The van der Waals surface area contributed by atoms with Crippen molar-refractivity contribution in [2.45, 2.75) is 63.7 Å². The Bertz CT molecular complexity index is 944. The Morgan fingerprint density at radius 3 is 2.72 bits per heavy atom. The van der Waals surface area contributed by atoms with Crippen LogP contribution in [0.4, 0.5) is 0 Å². The van der Waals surface area contributed by atoms with Crippen LogP contribution < -0.4 is 10.0 Å². The van der Waals surface area contributed by atoms with E-state index in [2.05, 4.69) is 10.0 Å². The molecule has 29 heavy (non-hydrogen) atoms. The first kappa shape index (κ1) is 21.9. The number of carbonyl (C=O) groups excluding carboxylic acids is 1. The molecule has 3 rings (SSSR count). The van der Waals surface area contributed by atoms with E-state index in [1.165, 1.54) is 23.4 Å². The van der Waals surface area contributed by atoms with Gasteiger partial charge in [-0.1, -0.05) is 17.7 Å². The highest BCUT2D eigenvalue weighted by Crippen LogP contribution is 2.27. The Morgan fingerprint density at radius 1 is 1.17 bits per heavy atom. The number of carbonyl (C=O) groups is 1. The monoisotopic (exact) mass is 435 g/mol. The second-order valence-corrected chi connectivity index (χ2v) is 10.5. The zero-order chi connectivity index (χ0) is 20.9. The van der Waals surface area contributed by atoms with Crippen LogP contribution in [0.15, 0.2) is 23.1 Å². The lowest BCUT2D eigenvalue weighted by atomic mass is 10.0. The van der Waals surface area contributed by atoms with Crippen LogP contribution in [0.25, 0.3) is 0 Å². The van der Waals surface area contributed by atoms with Gasteiger partial charge >= 0.3 is 0 Å². The largest absolute Gasteiger partial charge is 0.356 e. The number of aryl methyl sites for hydroxylation is 5. The van der Waals surface area contributed by atoms with E-state index in [1.807, 2.05) is 24.3 Å². The molecule has 0 spiro atoms. The Kier molecular flexibility index (Phi) is 7.43. The predicted octanol–water partition coefficient (Wildman–Crippen LogP) is 3.06. The Balaban J connectivity index is 1.36. The summed E-state index contributed by atoms with van der Waals surface area (Å²) in [5.41, 5.74) is 2.99. The maximum atomic E-state index is 12.4. The van der Waals surface area contributed by atoms with E-state index in [4.69, 9.17) is 4.98 Å². The molecule has 0 unspecified atom stereocenters. The quantitative estimate of drug-likeness (QED) is 0.593. The van der Waals surface area contributed by atoms with Crippen LogP contribution >= 0.6 is 11.3 Å². The van der Waals surface area contributed by atoms with Crippen molar-refractivity contribution in [3.8, 4) is 0 Å². The summed E-state index contributed by atoms with van der Waals surface area (Å²) >= 11 is 1.81. The molecule has 0 aliphatic heterocycles. The Hall–Kier alpha value is -1.77. The number of benzene rings is 1. The molecule has 1 amide bonds. The number of nitrogens with one attached hydrogen (secondary N) is 2. The summed E-state index contributed by atoms with van der Waals surface area (Å²) in [4.78, 5) is 18.4. The van der Waals surface area contributed by atoms with E-state index >= 15 is 0 Å². The standard InChI is InChI=1S/C21H29N3O3S2/c1-15-9-10-19(16(2)14-15)29(26,27)23-13-11-20(25)22-12-5-8-21-24-17-6-3-4-7-18(17)28-21/h9-10,14,23H,3-8,11-13H2,1-2H3,(H,22,25). The molecule has 0 atom stereocenters. The second kappa shape index (κ2) is 9.82. The summed E-state index contributed by atoms with van der Waals surface area (Å²) in [5, 5.41) is 4.02. The van der Waals surface area contributed by atoms with Gasteiger partial charge in [0.15, 0.2) is 0 Å². The summed E-state index contributed by atoms with van der Waals surface area (Å²) in [7, 11) is -3.60. The number of rotatable bonds is 9. The van der Waals surface area contributed by atoms with Crippen molar-refractivity contribution < 1.29 is 13.2 Å². The van der Waals surface area contributed by atoms with Crippen LogP contribution in [0.3, 0.4) is 0 Å². The third-order valence-corrected chi connectivity index (χ3v) is 7.88. The van der Waals surface area contributed by atoms with Crippen LogP contribution in [-0.2, 0) is 34.1 Å². The van der Waals surface area contributed by atoms with Crippen molar-refractivity contribution in [1.82, 2.24) is 15.0 Å². The van der Waals surface area contributed by atoms with Crippen LogP contribution in [0.5, 0.6) is 0 Å². The SMILES string of the molecule is Cc1ccc(S(=O)(=O)NCCC(=O)NCCCc2nc3c(s2)CCCC3)c(C)c1. The summed E-state index contributed by atoms with van der Waals surface area (Å²) < 4.78 is 27.3. The van der Waals surface area contributed by atoms with Crippen LogP contribution in [0.2, 0.25) is 0 Å². The number of nitrogens with zero attached hydrogens (tertiary/aromatic N) is 1. The molecule has 1 aromatic carbocycles. The highest BCUT2D eigenvalue weighted by atomic mass is 32.2. The van der Waals surface area contributed by atoms with Crippen LogP contribution in [0.1, 0.15) is 52.4 Å². The molecule has 0 bridgehead atoms.